The molecule has 0 aliphatic heterocycles. The van der Waals surface area contributed by atoms with Gasteiger partial charge in [0, 0.05) is 16.5 Å². The van der Waals surface area contributed by atoms with Crippen LogP contribution in [0.3, 0.4) is 0 Å². The molecule has 0 aliphatic rings. The molecule has 116 valence electrons. The van der Waals surface area contributed by atoms with Crippen molar-refractivity contribution in [3.05, 3.63) is 65.7 Å². The van der Waals surface area contributed by atoms with Crippen LogP contribution in [0.2, 0.25) is 0 Å². The SMILES string of the molecule is CC(C)c1c(C=CC=O)oc2c(-c3ccc(F)cc3)cccc12. The van der Waals surface area contributed by atoms with Crippen LogP contribution in [-0.4, -0.2) is 6.29 Å². The summed E-state index contributed by atoms with van der Waals surface area (Å²) in [6, 6.07) is 12.3. The quantitative estimate of drug-likeness (QED) is 0.465. The molecule has 0 atom stereocenters. The number of benzene rings is 2. The lowest BCUT2D eigenvalue weighted by atomic mass is 9.96. The summed E-state index contributed by atoms with van der Waals surface area (Å²) in [4.78, 5) is 10.6. The minimum Gasteiger partial charge on any atom is -0.456 e. The van der Waals surface area contributed by atoms with Gasteiger partial charge in [-0.05, 0) is 35.8 Å². The molecule has 23 heavy (non-hydrogen) atoms. The molecule has 3 heteroatoms. The monoisotopic (exact) mass is 308 g/mol. The van der Waals surface area contributed by atoms with E-state index in [2.05, 4.69) is 13.8 Å². The maximum Gasteiger partial charge on any atom is 0.142 e. The lowest BCUT2D eigenvalue weighted by molar-refractivity contribution is -0.104. The van der Waals surface area contributed by atoms with E-state index in [4.69, 9.17) is 4.42 Å². The number of fused-ring (bicyclic) bond motifs is 1. The van der Waals surface area contributed by atoms with E-state index in [1.54, 1.807) is 18.2 Å². The Morgan fingerprint density at radius 1 is 1.09 bits per heavy atom. The van der Waals surface area contributed by atoms with Crippen LogP contribution < -0.4 is 0 Å². The number of carbonyl (C=O) groups excluding carboxylic acids is 1. The number of hydrogen-bond donors (Lipinski definition) is 0. The molecule has 0 N–H and O–H groups in total. The molecule has 0 radical (unpaired) electrons. The number of aldehydes is 1. The molecule has 2 aromatic carbocycles. The summed E-state index contributed by atoms with van der Waals surface area (Å²) in [5.74, 6) is 0.681. The highest BCUT2D eigenvalue weighted by atomic mass is 19.1. The van der Waals surface area contributed by atoms with Crippen LogP contribution in [0.15, 0.2) is 53.0 Å². The van der Waals surface area contributed by atoms with Crippen LogP contribution >= 0.6 is 0 Å². The molecule has 0 spiro atoms. The van der Waals surface area contributed by atoms with Crippen molar-refractivity contribution in [2.45, 2.75) is 19.8 Å². The smallest absolute Gasteiger partial charge is 0.142 e. The second-order valence-corrected chi connectivity index (χ2v) is 5.72. The van der Waals surface area contributed by atoms with Crippen molar-refractivity contribution in [3.8, 4) is 11.1 Å². The van der Waals surface area contributed by atoms with Crippen LogP contribution in [-0.2, 0) is 4.79 Å². The Hall–Kier alpha value is -2.68. The Morgan fingerprint density at radius 3 is 2.48 bits per heavy atom. The fourth-order valence-electron chi connectivity index (χ4n) is 2.86. The van der Waals surface area contributed by atoms with Crippen LogP contribution in [0.4, 0.5) is 4.39 Å². The van der Waals surface area contributed by atoms with E-state index in [1.807, 2.05) is 18.2 Å². The molecule has 3 rings (SSSR count). The molecule has 3 aromatic rings. The third-order valence-electron chi connectivity index (χ3n) is 3.84. The number of hydrogen-bond acceptors (Lipinski definition) is 2. The summed E-state index contributed by atoms with van der Waals surface area (Å²) in [5, 5.41) is 1.02. The van der Waals surface area contributed by atoms with Crippen molar-refractivity contribution in [1.29, 1.82) is 0 Å². The van der Waals surface area contributed by atoms with Crippen LogP contribution in [0.5, 0.6) is 0 Å². The molecule has 1 heterocycles. The Kier molecular flexibility index (Phi) is 4.11. The van der Waals surface area contributed by atoms with E-state index < -0.39 is 0 Å². The minimum atomic E-state index is -0.266. The van der Waals surface area contributed by atoms with Gasteiger partial charge >= 0.3 is 0 Å². The van der Waals surface area contributed by atoms with Gasteiger partial charge in [0.05, 0.1) is 0 Å². The van der Waals surface area contributed by atoms with Gasteiger partial charge in [0.15, 0.2) is 0 Å². The van der Waals surface area contributed by atoms with Crippen molar-refractivity contribution in [2.24, 2.45) is 0 Å². The maximum atomic E-state index is 13.2. The number of para-hydroxylation sites is 1. The highest BCUT2D eigenvalue weighted by molar-refractivity contribution is 5.96. The Morgan fingerprint density at radius 2 is 1.83 bits per heavy atom. The highest BCUT2D eigenvalue weighted by Crippen LogP contribution is 2.38. The summed E-state index contributed by atoms with van der Waals surface area (Å²) in [7, 11) is 0. The summed E-state index contributed by atoms with van der Waals surface area (Å²) in [6.07, 6.45) is 3.86. The van der Waals surface area contributed by atoms with Gasteiger partial charge in [-0.1, -0.05) is 44.2 Å². The van der Waals surface area contributed by atoms with Crippen LogP contribution in [0.25, 0.3) is 28.2 Å². The fourth-order valence-corrected chi connectivity index (χ4v) is 2.86. The first kappa shape index (κ1) is 15.2. The zero-order chi connectivity index (χ0) is 16.4. The predicted octanol–water partition coefficient (Wildman–Crippen LogP) is 5.57. The Labute approximate surface area is 134 Å². The third-order valence-corrected chi connectivity index (χ3v) is 3.84. The third kappa shape index (κ3) is 2.82. The minimum absolute atomic E-state index is 0.256. The molecule has 0 amide bonds. The summed E-state index contributed by atoms with van der Waals surface area (Å²) in [5.41, 5.74) is 3.64. The number of carbonyl (C=O) groups is 1. The molecule has 0 aliphatic carbocycles. The van der Waals surface area contributed by atoms with Gasteiger partial charge in [-0.25, -0.2) is 4.39 Å². The van der Waals surface area contributed by atoms with Crippen molar-refractivity contribution in [2.75, 3.05) is 0 Å². The molecule has 0 bridgehead atoms. The molecule has 0 saturated carbocycles. The average Bonchev–Trinajstić information content (AvgIpc) is 2.92. The maximum absolute atomic E-state index is 13.2. The van der Waals surface area contributed by atoms with E-state index in [0.29, 0.717) is 5.76 Å². The van der Waals surface area contributed by atoms with Crippen molar-refractivity contribution in [1.82, 2.24) is 0 Å². The first-order valence-electron chi connectivity index (χ1n) is 7.55. The lowest BCUT2D eigenvalue weighted by Crippen LogP contribution is -1.88. The van der Waals surface area contributed by atoms with E-state index >= 15 is 0 Å². The summed E-state index contributed by atoms with van der Waals surface area (Å²) >= 11 is 0. The number of furan rings is 1. The molecule has 0 saturated heterocycles. The highest BCUT2D eigenvalue weighted by Gasteiger charge is 2.18. The zero-order valence-electron chi connectivity index (χ0n) is 13.0. The number of allylic oxidation sites excluding steroid dienone is 1. The molecule has 0 unspecified atom stereocenters. The molecule has 2 nitrogen and oxygen atoms in total. The normalized spacial score (nSPS) is 11.7. The number of halogens is 1. The number of rotatable bonds is 4. The first-order chi connectivity index (χ1) is 11.1. The van der Waals surface area contributed by atoms with Gasteiger partial charge in [-0.15, -0.1) is 0 Å². The van der Waals surface area contributed by atoms with E-state index in [9.17, 15) is 9.18 Å². The average molecular weight is 308 g/mol. The van der Waals surface area contributed by atoms with E-state index in [1.165, 1.54) is 18.2 Å². The van der Waals surface area contributed by atoms with Gasteiger partial charge in [-0.2, -0.15) is 0 Å². The topological polar surface area (TPSA) is 30.2 Å². The molecular formula is C20H17FO2. The second kappa shape index (κ2) is 6.21. The predicted molar refractivity (Wildman–Crippen MR) is 90.8 cm³/mol. The van der Waals surface area contributed by atoms with Gasteiger partial charge in [0.1, 0.15) is 23.4 Å². The van der Waals surface area contributed by atoms with Gasteiger partial charge < -0.3 is 4.42 Å². The molecule has 0 fully saturated rings. The van der Waals surface area contributed by atoms with Crippen LogP contribution in [0.1, 0.15) is 31.1 Å². The lowest BCUT2D eigenvalue weighted by Gasteiger charge is -2.05. The Balaban J connectivity index is 2.27. The first-order valence-corrected chi connectivity index (χ1v) is 7.55. The molecule has 1 aromatic heterocycles. The molecular weight excluding hydrogens is 291 g/mol. The Bertz CT molecular complexity index is 871. The summed E-state index contributed by atoms with van der Waals surface area (Å²) < 4.78 is 19.2. The standard InChI is InChI=1S/C20H17FO2/c1-13(2)19-17-6-3-5-16(14-8-10-15(21)11-9-14)20(17)23-18(19)7-4-12-22/h3-13H,1-2H3. The fraction of sp³-hybridized carbons (Fsp3) is 0.150. The second-order valence-electron chi connectivity index (χ2n) is 5.72. The zero-order valence-corrected chi connectivity index (χ0v) is 13.0. The van der Waals surface area contributed by atoms with Gasteiger partial charge in [0.25, 0.3) is 0 Å². The van der Waals surface area contributed by atoms with Gasteiger partial charge in [-0.3, -0.25) is 4.79 Å². The van der Waals surface area contributed by atoms with Crippen molar-refractivity contribution < 1.29 is 13.6 Å². The largest absolute Gasteiger partial charge is 0.456 e. The van der Waals surface area contributed by atoms with Crippen molar-refractivity contribution >= 4 is 23.3 Å². The van der Waals surface area contributed by atoms with Gasteiger partial charge in [0.2, 0.25) is 0 Å². The van der Waals surface area contributed by atoms with Crippen LogP contribution in [0, 0.1) is 5.82 Å². The summed E-state index contributed by atoms with van der Waals surface area (Å²) in [6.45, 7) is 4.18. The van der Waals surface area contributed by atoms with E-state index in [0.717, 1.165) is 33.9 Å². The van der Waals surface area contributed by atoms with E-state index in [-0.39, 0.29) is 11.7 Å². The van der Waals surface area contributed by atoms with Crippen molar-refractivity contribution in [3.63, 3.8) is 0 Å².